The van der Waals surface area contributed by atoms with E-state index in [4.69, 9.17) is 5.73 Å². The molecule has 4 unspecified atom stereocenters. The highest BCUT2D eigenvalue weighted by Crippen LogP contribution is 2.21. The van der Waals surface area contributed by atoms with Crippen molar-refractivity contribution >= 4 is 47.2 Å². The number of nitrogens with zero attached hydrogens (tertiary/aromatic N) is 1. The van der Waals surface area contributed by atoms with Crippen molar-refractivity contribution in [2.24, 2.45) is 5.73 Å². The zero-order valence-electron chi connectivity index (χ0n) is 18.3. The lowest BCUT2D eigenvalue weighted by molar-refractivity contribution is -0.144. The molecule has 1 aromatic heterocycles. The summed E-state index contributed by atoms with van der Waals surface area (Å²) in [5.74, 6) is -2.48. The minimum Gasteiger partial charge on any atom is -0.480 e. The molecule has 6 N–H and O–H groups in total. The van der Waals surface area contributed by atoms with Gasteiger partial charge in [0.05, 0.1) is 6.04 Å². The maximum absolute atomic E-state index is 13.0. The van der Waals surface area contributed by atoms with Gasteiger partial charge in [0.25, 0.3) is 0 Å². The third kappa shape index (κ3) is 5.66. The number of carboxylic acid groups (broad SMARTS) is 1. The van der Waals surface area contributed by atoms with Crippen LogP contribution in [0.1, 0.15) is 25.3 Å². The summed E-state index contributed by atoms with van der Waals surface area (Å²) in [6, 6.07) is 3.83. The molecule has 1 saturated heterocycles. The van der Waals surface area contributed by atoms with Gasteiger partial charge >= 0.3 is 5.97 Å². The molecule has 2 aromatic rings. The van der Waals surface area contributed by atoms with Crippen LogP contribution >= 0.6 is 12.6 Å². The van der Waals surface area contributed by atoms with Crippen molar-refractivity contribution in [2.75, 3.05) is 12.3 Å². The highest BCUT2D eigenvalue weighted by molar-refractivity contribution is 7.80. The number of benzene rings is 1. The standard InChI is InChI=1S/C22H29N5O5S/c1-12(25-19(28)15(23)11-33)21(30)27-8-4-7-18(27)20(29)26-17(22(31)32)9-13-10-24-16-6-3-2-5-14(13)16/h2-3,5-6,10,12,15,17-18,24,33H,4,7-9,11,23H2,1H3,(H,25,28)(H,26,29)(H,31,32). The Morgan fingerprint density at radius 3 is 2.70 bits per heavy atom. The number of aromatic nitrogens is 1. The molecular weight excluding hydrogens is 446 g/mol. The van der Waals surface area contributed by atoms with Crippen LogP contribution in [0.3, 0.4) is 0 Å². The number of hydrogen-bond donors (Lipinski definition) is 6. The van der Waals surface area contributed by atoms with Crippen molar-refractivity contribution in [2.45, 2.75) is 50.4 Å². The van der Waals surface area contributed by atoms with Crippen molar-refractivity contribution in [3.63, 3.8) is 0 Å². The number of aromatic amines is 1. The van der Waals surface area contributed by atoms with Crippen LogP contribution in [0.2, 0.25) is 0 Å². The normalized spacial score (nSPS) is 18.5. The molecule has 0 spiro atoms. The van der Waals surface area contributed by atoms with Crippen molar-refractivity contribution in [1.29, 1.82) is 0 Å². The smallest absolute Gasteiger partial charge is 0.326 e. The fraction of sp³-hybridized carbons (Fsp3) is 0.455. The van der Waals surface area contributed by atoms with Crippen LogP contribution in [0.4, 0.5) is 0 Å². The predicted octanol–water partition coefficient (Wildman–Crippen LogP) is 0.0326. The molecule has 0 aliphatic carbocycles. The number of fused-ring (bicyclic) bond motifs is 1. The number of carbonyl (C=O) groups excluding carboxylic acids is 3. The predicted molar refractivity (Wildman–Crippen MR) is 126 cm³/mol. The summed E-state index contributed by atoms with van der Waals surface area (Å²) in [6.45, 7) is 1.87. The molecule has 178 valence electrons. The van der Waals surface area contributed by atoms with Crippen LogP contribution in [-0.4, -0.2) is 75.1 Å². The third-order valence-electron chi connectivity index (χ3n) is 5.81. The number of carboxylic acids is 1. The van der Waals surface area contributed by atoms with Crippen LogP contribution in [0.15, 0.2) is 30.5 Å². The zero-order valence-corrected chi connectivity index (χ0v) is 19.2. The largest absolute Gasteiger partial charge is 0.480 e. The van der Waals surface area contributed by atoms with E-state index in [2.05, 4.69) is 28.2 Å². The summed E-state index contributed by atoms with van der Waals surface area (Å²) in [5.41, 5.74) is 7.28. The maximum Gasteiger partial charge on any atom is 0.326 e. The average Bonchev–Trinajstić information content (AvgIpc) is 3.45. The molecule has 2 heterocycles. The first-order chi connectivity index (χ1) is 15.7. The fourth-order valence-electron chi connectivity index (χ4n) is 4.01. The van der Waals surface area contributed by atoms with Gasteiger partial charge in [0, 0.05) is 35.8 Å². The zero-order chi connectivity index (χ0) is 24.1. The van der Waals surface area contributed by atoms with E-state index in [0.29, 0.717) is 19.4 Å². The molecular formula is C22H29N5O5S. The monoisotopic (exact) mass is 475 g/mol. The molecule has 1 aliphatic rings. The molecule has 3 amide bonds. The first-order valence-electron chi connectivity index (χ1n) is 10.8. The lowest BCUT2D eigenvalue weighted by Crippen LogP contribution is -2.56. The number of rotatable bonds is 9. The second-order valence-electron chi connectivity index (χ2n) is 8.17. The average molecular weight is 476 g/mol. The summed E-state index contributed by atoms with van der Waals surface area (Å²) in [7, 11) is 0. The van der Waals surface area contributed by atoms with Gasteiger partial charge < -0.3 is 31.4 Å². The summed E-state index contributed by atoms with van der Waals surface area (Å²) in [4.78, 5) is 54.2. The van der Waals surface area contributed by atoms with Crippen LogP contribution in [0.5, 0.6) is 0 Å². The first kappa shape index (κ1) is 24.6. The molecule has 1 aromatic carbocycles. The number of carbonyl (C=O) groups is 4. The van der Waals surface area contributed by atoms with E-state index in [1.54, 1.807) is 6.20 Å². The highest BCUT2D eigenvalue weighted by atomic mass is 32.1. The van der Waals surface area contributed by atoms with Gasteiger partial charge in [-0.25, -0.2) is 4.79 Å². The Labute approximate surface area is 196 Å². The van der Waals surface area contributed by atoms with Gasteiger partial charge in [-0.05, 0) is 31.4 Å². The SMILES string of the molecule is CC(NC(=O)C(N)CS)C(=O)N1CCCC1C(=O)NC(Cc1c[nH]c2ccccc12)C(=O)O. The number of hydrogen-bond acceptors (Lipinski definition) is 6. The Balaban J connectivity index is 1.67. The fourth-order valence-corrected chi connectivity index (χ4v) is 4.17. The van der Waals surface area contributed by atoms with Gasteiger partial charge in [0.1, 0.15) is 18.1 Å². The summed E-state index contributed by atoms with van der Waals surface area (Å²) < 4.78 is 0. The Kier molecular flexibility index (Phi) is 7.98. The number of aliphatic carboxylic acids is 1. The number of likely N-dealkylation sites (tertiary alicyclic amines) is 1. The molecule has 3 rings (SSSR count). The molecule has 11 heteroatoms. The third-order valence-corrected chi connectivity index (χ3v) is 6.21. The van der Waals surface area contributed by atoms with Crippen LogP contribution < -0.4 is 16.4 Å². The van der Waals surface area contributed by atoms with E-state index in [-0.39, 0.29) is 12.2 Å². The maximum atomic E-state index is 13.0. The van der Waals surface area contributed by atoms with Gasteiger partial charge in [0.15, 0.2) is 0 Å². The summed E-state index contributed by atoms with van der Waals surface area (Å²) >= 11 is 3.97. The number of para-hydroxylation sites is 1. The molecule has 33 heavy (non-hydrogen) atoms. The molecule has 0 saturated carbocycles. The van der Waals surface area contributed by atoms with Gasteiger partial charge in [-0.2, -0.15) is 12.6 Å². The Morgan fingerprint density at radius 2 is 2.00 bits per heavy atom. The van der Waals surface area contributed by atoms with Gasteiger partial charge in [-0.1, -0.05) is 18.2 Å². The topological polar surface area (TPSA) is 158 Å². The van der Waals surface area contributed by atoms with Crippen LogP contribution in [0, 0.1) is 0 Å². The van der Waals surface area contributed by atoms with Crippen LogP contribution in [-0.2, 0) is 25.6 Å². The minimum absolute atomic E-state index is 0.0971. The molecule has 4 atom stereocenters. The number of H-pyrrole nitrogens is 1. The van der Waals surface area contributed by atoms with Crippen molar-refractivity contribution < 1.29 is 24.3 Å². The highest BCUT2D eigenvalue weighted by Gasteiger charge is 2.38. The van der Waals surface area contributed by atoms with Crippen LogP contribution in [0.25, 0.3) is 10.9 Å². The van der Waals surface area contributed by atoms with Gasteiger partial charge in [-0.3, -0.25) is 14.4 Å². The Bertz CT molecular complexity index is 1040. The molecule has 0 radical (unpaired) electrons. The Morgan fingerprint density at radius 1 is 1.27 bits per heavy atom. The number of nitrogens with one attached hydrogen (secondary N) is 3. The quantitative estimate of drug-likeness (QED) is 0.281. The second-order valence-corrected chi connectivity index (χ2v) is 8.54. The van der Waals surface area contributed by atoms with Gasteiger partial charge in [0.2, 0.25) is 17.7 Å². The van der Waals surface area contributed by atoms with E-state index in [1.807, 2.05) is 24.3 Å². The minimum atomic E-state index is -1.16. The Hall–Kier alpha value is -3.05. The lowest BCUT2D eigenvalue weighted by Gasteiger charge is -2.28. The summed E-state index contributed by atoms with van der Waals surface area (Å²) in [5, 5.41) is 15.7. The van der Waals surface area contributed by atoms with E-state index >= 15 is 0 Å². The first-order valence-corrected chi connectivity index (χ1v) is 11.4. The number of nitrogens with two attached hydrogens (primary N) is 1. The lowest BCUT2D eigenvalue weighted by atomic mass is 10.0. The van der Waals surface area contributed by atoms with E-state index in [0.717, 1.165) is 16.5 Å². The van der Waals surface area contributed by atoms with Crippen molar-refractivity contribution in [1.82, 2.24) is 20.5 Å². The van der Waals surface area contributed by atoms with E-state index in [9.17, 15) is 24.3 Å². The molecule has 10 nitrogen and oxygen atoms in total. The van der Waals surface area contributed by atoms with Gasteiger partial charge in [-0.15, -0.1) is 0 Å². The van der Waals surface area contributed by atoms with E-state index < -0.39 is 47.9 Å². The second kappa shape index (κ2) is 10.7. The number of thiol groups is 1. The molecule has 1 aliphatic heterocycles. The van der Waals surface area contributed by atoms with Crippen molar-refractivity contribution in [3.05, 3.63) is 36.0 Å². The van der Waals surface area contributed by atoms with E-state index in [1.165, 1.54) is 11.8 Å². The number of amides is 3. The molecule has 1 fully saturated rings. The summed E-state index contributed by atoms with van der Waals surface area (Å²) in [6.07, 6.45) is 2.84. The van der Waals surface area contributed by atoms with Crippen molar-refractivity contribution in [3.8, 4) is 0 Å². The molecule has 0 bridgehead atoms.